The van der Waals surface area contributed by atoms with Crippen LogP contribution in [0.5, 0.6) is 0 Å². The van der Waals surface area contributed by atoms with Crippen LogP contribution in [0.4, 0.5) is 10.5 Å². The Labute approximate surface area is 96.5 Å². The molecule has 2 amide bonds. The average molecular weight is 241 g/mol. The molecule has 0 fully saturated rings. The van der Waals surface area contributed by atoms with Crippen LogP contribution in [0.25, 0.3) is 0 Å². The van der Waals surface area contributed by atoms with E-state index in [1.807, 2.05) is 6.92 Å². The maximum atomic E-state index is 10.5. The van der Waals surface area contributed by atoms with Crippen molar-refractivity contribution >= 4 is 23.7 Å². The van der Waals surface area contributed by atoms with E-state index in [-0.39, 0.29) is 10.9 Å². The van der Waals surface area contributed by atoms with Gasteiger partial charge < -0.3 is 5.73 Å². The molecule has 86 valence electrons. The summed E-state index contributed by atoms with van der Waals surface area (Å²) in [6.07, 6.45) is 0. The highest BCUT2D eigenvalue weighted by atomic mass is 32.2. The molecule has 0 radical (unpaired) electrons. The summed E-state index contributed by atoms with van der Waals surface area (Å²) in [6.45, 7) is 1.86. The quantitative estimate of drug-likeness (QED) is 0.478. The van der Waals surface area contributed by atoms with Gasteiger partial charge in [-0.25, -0.2) is 4.79 Å². The molecule has 0 aromatic heterocycles. The van der Waals surface area contributed by atoms with Gasteiger partial charge in [0.15, 0.2) is 0 Å². The zero-order valence-electron chi connectivity index (χ0n) is 8.54. The van der Waals surface area contributed by atoms with Crippen LogP contribution in [0.3, 0.4) is 0 Å². The standard InChI is InChI=1S/C9H11N3O3S/c1-6(16-11-9(10)13)7-2-4-8(5-3-7)12(14)15/h2-6H,1H3,(H3,10,11,13)/t6-/m0/s1. The summed E-state index contributed by atoms with van der Waals surface area (Å²) in [5.41, 5.74) is 5.85. The van der Waals surface area contributed by atoms with Crippen molar-refractivity contribution in [2.75, 3.05) is 0 Å². The van der Waals surface area contributed by atoms with E-state index in [2.05, 4.69) is 4.72 Å². The number of nitrogens with one attached hydrogen (secondary N) is 1. The second kappa shape index (κ2) is 5.36. The maximum Gasteiger partial charge on any atom is 0.322 e. The smallest absolute Gasteiger partial charge is 0.322 e. The summed E-state index contributed by atoms with van der Waals surface area (Å²) in [5.74, 6) is 0. The molecule has 0 aliphatic rings. The molecule has 3 N–H and O–H groups in total. The molecular formula is C9H11N3O3S. The Morgan fingerprint density at radius 2 is 2.06 bits per heavy atom. The zero-order chi connectivity index (χ0) is 12.1. The second-order valence-electron chi connectivity index (χ2n) is 3.08. The van der Waals surface area contributed by atoms with E-state index in [1.165, 1.54) is 12.1 Å². The lowest BCUT2D eigenvalue weighted by Crippen LogP contribution is -2.23. The van der Waals surface area contributed by atoms with Gasteiger partial charge in [0.25, 0.3) is 5.69 Å². The van der Waals surface area contributed by atoms with Crippen LogP contribution in [0.1, 0.15) is 17.7 Å². The summed E-state index contributed by atoms with van der Waals surface area (Å²) < 4.78 is 2.40. The maximum absolute atomic E-state index is 10.5. The van der Waals surface area contributed by atoms with E-state index in [1.54, 1.807) is 12.1 Å². The highest BCUT2D eigenvalue weighted by Gasteiger charge is 2.10. The van der Waals surface area contributed by atoms with Gasteiger partial charge in [-0.05, 0) is 24.4 Å². The van der Waals surface area contributed by atoms with Gasteiger partial charge in [0.1, 0.15) is 0 Å². The number of hydrogen-bond donors (Lipinski definition) is 2. The number of primary amides is 1. The van der Waals surface area contributed by atoms with E-state index < -0.39 is 11.0 Å². The number of nitrogens with two attached hydrogens (primary N) is 1. The highest BCUT2D eigenvalue weighted by Crippen LogP contribution is 2.26. The Bertz CT molecular complexity index is 393. The molecule has 0 saturated carbocycles. The summed E-state index contributed by atoms with van der Waals surface area (Å²) in [5, 5.41) is 10.4. The summed E-state index contributed by atoms with van der Waals surface area (Å²) in [6, 6.07) is 5.54. The SMILES string of the molecule is C[C@H](SNC(N)=O)c1ccc([N+](=O)[O-])cc1. The van der Waals surface area contributed by atoms with E-state index in [0.29, 0.717) is 0 Å². The molecule has 0 aliphatic heterocycles. The van der Waals surface area contributed by atoms with Gasteiger partial charge in [-0.1, -0.05) is 12.1 Å². The number of hydrogen-bond acceptors (Lipinski definition) is 4. The first-order valence-corrected chi connectivity index (χ1v) is 5.34. The van der Waals surface area contributed by atoms with Crippen LogP contribution < -0.4 is 10.5 Å². The van der Waals surface area contributed by atoms with Gasteiger partial charge in [-0.15, -0.1) is 0 Å². The van der Waals surface area contributed by atoms with Crippen molar-refractivity contribution in [3.8, 4) is 0 Å². The van der Waals surface area contributed by atoms with Crippen molar-refractivity contribution < 1.29 is 9.72 Å². The second-order valence-corrected chi connectivity index (χ2v) is 4.22. The first-order chi connectivity index (χ1) is 7.50. The Morgan fingerprint density at radius 1 is 1.50 bits per heavy atom. The third-order valence-electron chi connectivity index (χ3n) is 1.91. The summed E-state index contributed by atoms with van der Waals surface area (Å²) in [4.78, 5) is 20.4. The van der Waals surface area contributed by atoms with Crippen LogP contribution in [0, 0.1) is 10.1 Å². The molecule has 1 aromatic carbocycles. The van der Waals surface area contributed by atoms with E-state index >= 15 is 0 Å². The van der Waals surface area contributed by atoms with Crippen LogP contribution in [0.15, 0.2) is 24.3 Å². The number of rotatable bonds is 4. The van der Waals surface area contributed by atoms with Crippen LogP contribution >= 0.6 is 11.9 Å². The van der Waals surface area contributed by atoms with E-state index in [4.69, 9.17) is 5.73 Å². The number of non-ortho nitro benzene ring substituents is 1. The first-order valence-electron chi connectivity index (χ1n) is 4.46. The van der Waals surface area contributed by atoms with Crippen molar-refractivity contribution in [2.24, 2.45) is 5.73 Å². The van der Waals surface area contributed by atoms with Crippen LogP contribution in [0.2, 0.25) is 0 Å². The fourth-order valence-electron chi connectivity index (χ4n) is 1.08. The largest absolute Gasteiger partial charge is 0.351 e. The van der Waals surface area contributed by atoms with E-state index in [9.17, 15) is 14.9 Å². The predicted octanol–water partition coefficient (Wildman–Crippen LogP) is 1.97. The molecule has 0 spiro atoms. The number of nitro groups is 1. The molecule has 16 heavy (non-hydrogen) atoms. The average Bonchev–Trinajstić information content (AvgIpc) is 2.26. The molecule has 1 rings (SSSR count). The van der Waals surface area contributed by atoms with Crippen LogP contribution in [-0.4, -0.2) is 11.0 Å². The number of amides is 2. The van der Waals surface area contributed by atoms with Gasteiger partial charge in [0, 0.05) is 17.4 Å². The highest BCUT2D eigenvalue weighted by molar-refractivity contribution is 7.98. The minimum atomic E-state index is -0.612. The monoisotopic (exact) mass is 241 g/mol. The minimum absolute atomic E-state index is 0.0201. The molecule has 7 heteroatoms. The third kappa shape index (κ3) is 3.43. The zero-order valence-corrected chi connectivity index (χ0v) is 9.36. The number of nitrogens with zero attached hydrogens (tertiary/aromatic N) is 1. The molecule has 0 aliphatic carbocycles. The number of urea groups is 1. The molecule has 0 bridgehead atoms. The predicted molar refractivity (Wildman–Crippen MR) is 61.8 cm³/mol. The normalized spacial score (nSPS) is 11.8. The molecule has 0 saturated heterocycles. The number of carbonyl (C=O) groups excluding carboxylic acids is 1. The fourth-order valence-corrected chi connectivity index (χ4v) is 1.67. The third-order valence-corrected chi connectivity index (χ3v) is 2.85. The van der Waals surface area contributed by atoms with E-state index in [0.717, 1.165) is 17.5 Å². The topological polar surface area (TPSA) is 98.3 Å². The lowest BCUT2D eigenvalue weighted by Gasteiger charge is -2.10. The van der Waals surface area contributed by atoms with Gasteiger partial charge in [-0.2, -0.15) is 0 Å². The number of benzene rings is 1. The van der Waals surface area contributed by atoms with Crippen molar-refractivity contribution in [1.29, 1.82) is 0 Å². The number of carbonyl (C=O) groups is 1. The van der Waals surface area contributed by atoms with Crippen molar-refractivity contribution in [3.63, 3.8) is 0 Å². The van der Waals surface area contributed by atoms with Gasteiger partial charge in [0.05, 0.1) is 4.92 Å². The lowest BCUT2D eigenvalue weighted by atomic mass is 10.1. The van der Waals surface area contributed by atoms with Gasteiger partial charge >= 0.3 is 6.03 Å². The van der Waals surface area contributed by atoms with Gasteiger partial charge in [-0.3, -0.25) is 14.8 Å². The number of nitro benzene ring substituents is 1. The van der Waals surface area contributed by atoms with Gasteiger partial charge in [0.2, 0.25) is 0 Å². The van der Waals surface area contributed by atoms with Crippen molar-refractivity contribution in [1.82, 2.24) is 4.72 Å². The van der Waals surface area contributed by atoms with Crippen molar-refractivity contribution in [3.05, 3.63) is 39.9 Å². The Hall–Kier alpha value is -1.76. The summed E-state index contributed by atoms with van der Waals surface area (Å²) in [7, 11) is 0. The Morgan fingerprint density at radius 3 is 2.50 bits per heavy atom. The fraction of sp³-hybridized carbons (Fsp3) is 0.222. The minimum Gasteiger partial charge on any atom is -0.351 e. The lowest BCUT2D eigenvalue weighted by molar-refractivity contribution is -0.384. The molecule has 0 unspecified atom stereocenters. The Balaban J connectivity index is 2.66. The molecular weight excluding hydrogens is 230 g/mol. The molecule has 1 atom stereocenters. The Kier molecular flexibility index (Phi) is 4.12. The first kappa shape index (κ1) is 12.3. The summed E-state index contributed by atoms with van der Waals surface area (Å²) >= 11 is 1.16. The van der Waals surface area contributed by atoms with Crippen LogP contribution in [-0.2, 0) is 0 Å². The molecule has 1 aromatic rings. The molecule has 6 nitrogen and oxygen atoms in total. The van der Waals surface area contributed by atoms with Crippen molar-refractivity contribution in [2.45, 2.75) is 12.2 Å². The molecule has 0 heterocycles.